The molecule has 3 rings (SSSR count). The molecule has 0 aliphatic heterocycles. The normalized spacial score (nSPS) is 12.0. The summed E-state index contributed by atoms with van der Waals surface area (Å²) in [4.78, 5) is 16.6. The predicted molar refractivity (Wildman–Crippen MR) is 88.8 cm³/mol. The highest BCUT2D eigenvalue weighted by Gasteiger charge is 2.15. The Morgan fingerprint density at radius 1 is 1.17 bits per heavy atom. The molecule has 1 heterocycles. The zero-order valence-corrected chi connectivity index (χ0v) is 13.4. The number of rotatable bonds is 4. The van der Waals surface area contributed by atoms with Crippen LogP contribution in [-0.2, 0) is 0 Å². The molecule has 0 aliphatic carbocycles. The maximum absolute atomic E-state index is 13.0. The van der Waals surface area contributed by atoms with Crippen molar-refractivity contribution in [2.45, 2.75) is 19.9 Å². The van der Waals surface area contributed by atoms with Gasteiger partial charge in [0, 0.05) is 5.56 Å². The van der Waals surface area contributed by atoms with Gasteiger partial charge in [-0.25, -0.2) is 9.37 Å². The summed E-state index contributed by atoms with van der Waals surface area (Å²) in [5.41, 5.74) is 2.23. The van der Waals surface area contributed by atoms with E-state index in [2.05, 4.69) is 20.5 Å². The second-order valence-electron chi connectivity index (χ2n) is 5.56. The zero-order chi connectivity index (χ0) is 17.1. The highest BCUT2D eigenvalue weighted by atomic mass is 19.1. The number of nitrogens with one attached hydrogen (secondary N) is 2. The van der Waals surface area contributed by atoms with Gasteiger partial charge in [-0.2, -0.15) is 5.10 Å². The molecule has 0 fully saturated rings. The van der Waals surface area contributed by atoms with Gasteiger partial charge in [-0.3, -0.25) is 9.89 Å². The third-order valence-electron chi connectivity index (χ3n) is 3.65. The number of aromatic nitrogens is 3. The molecule has 122 valence electrons. The van der Waals surface area contributed by atoms with Gasteiger partial charge < -0.3 is 5.32 Å². The Kier molecular flexibility index (Phi) is 4.37. The molecule has 2 aromatic carbocycles. The number of halogens is 1. The van der Waals surface area contributed by atoms with Crippen LogP contribution in [0.2, 0.25) is 0 Å². The van der Waals surface area contributed by atoms with Crippen LogP contribution in [0.15, 0.2) is 48.5 Å². The van der Waals surface area contributed by atoms with Gasteiger partial charge in [-0.05, 0) is 49.2 Å². The Labute approximate surface area is 138 Å². The fourth-order valence-corrected chi connectivity index (χ4v) is 2.38. The van der Waals surface area contributed by atoms with Gasteiger partial charge in [-0.15, -0.1) is 0 Å². The van der Waals surface area contributed by atoms with Crippen LogP contribution in [0.4, 0.5) is 4.39 Å². The van der Waals surface area contributed by atoms with Crippen LogP contribution in [0, 0.1) is 12.7 Å². The molecule has 3 aromatic rings. The van der Waals surface area contributed by atoms with E-state index in [9.17, 15) is 9.18 Å². The van der Waals surface area contributed by atoms with Gasteiger partial charge in [0.25, 0.3) is 5.91 Å². The zero-order valence-electron chi connectivity index (χ0n) is 13.4. The van der Waals surface area contributed by atoms with Crippen molar-refractivity contribution in [2.24, 2.45) is 0 Å². The lowest BCUT2D eigenvalue weighted by atomic mass is 10.0. The van der Waals surface area contributed by atoms with E-state index in [1.165, 1.54) is 12.1 Å². The lowest BCUT2D eigenvalue weighted by Crippen LogP contribution is -2.27. The summed E-state index contributed by atoms with van der Waals surface area (Å²) in [5.74, 6) is 0.733. The maximum atomic E-state index is 13.0. The lowest BCUT2D eigenvalue weighted by Gasteiger charge is -2.11. The van der Waals surface area contributed by atoms with Crippen molar-refractivity contribution in [1.82, 2.24) is 20.5 Å². The Morgan fingerprint density at radius 2 is 1.92 bits per heavy atom. The SMILES string of the molecule is Cc1nc([C@@H](C)NC(=O)c2cccc(-c3ccc(F)cc3)c2)n[nH]1. The smallest absolute Gasteiger partial charge is 0.251 e. The predicted octanol–water partition coefficient (Wildman–Crippen LogP) is 3.41. The largest absolute Gasteiger partial charge is 0.342 e. The van der Waals surface area contributed by atoms with Crippen molar-refractivity contribution >= 4 is 5.91 Å². The maximum Gasteiger partial charge on any atom is 0.251 e. The summed E-state index contributed by atoms with van der Waals surface area (Å²) >= 11 is 0. The van der Waals surface area contributed by atoms with E-state index in [-0.39, 0.29) is 17.8 Å². The number of nitrogens with zero attached hydrogens (tertiary/aromatic N) is 2. The fourth-order valence-electron chi connectivity index (χ4n) is 2.38. The van der Waals surface area contributed by atoms with Crippen LogP contribution in [-0.4, -0.2) is 21.1 Å². The van der Waals surface area contributed by atoms with Gasteiger partial charge in [0.1, 0.15) is 11.6 Å². The van der Waals surface area contributed by atoms with E-state index < -0.39 is 0 Å². The first-order chi connectivity index (χ1) is 11.5. The molecule has 0 aliphatic rings. The van der Waals surface area contributed by atoms with E-state index in [1.807, 2.05) is 13.0 Å². The number of hydrogen-bond acceptors (Lipinski definition) is 3. The summed E-state index contributed by atoms with van der Waals surface area (Å²) in [6.07, 6.45) is 0. The summed E-state index contributed by atoms with van der Waals surface area (Å²) in [7, 11) is 0. The molecule has 0 radical (unpaired) electrons. The standard InChI is InChI=1S/C18H17FN4O/c1-11(17-21-12(2)22-23-17)20-18(24)15-5-3-4-14(10-15)13-6-8-16(19)9-7-13/h3-11H,1-2H3,(H,20,24)(H,21,22,23)/t11-/m1/s1. The molecule has 2 N–H and O–H groups in total. The molecule has 0 spiro atoms. The molecule has 1 atom stereocenters. The molecule has 0 bridgehead atoms. The van der Waals surface area contributed by atoms with Crippen LogP contribution < -0.4 is 5.32 Å². The summed E-state index contributed by atoms with van der Waals surface area (Å²) in [6, 6.07) is 13.1. The van der Waals surface area contributed by atoms with Crippen LogP contribution >= 0.6 is 0 Å². The first-order valence-electron chi connectivity index (χ1n) is 7.58. The quantitative estimate of drug-likeness (QED) is 0.772. The molecule has 1 aromatic heterocycles. The Balaban J connectivity index is 1.78. The van der Waals surface area contributed by atoms with Crippen molar-refractivity contribution in [3.8, 4) is 11.1 Å². The second-order valence-corrected chi connectivity index (χ2v) is 5.56. The second kappa shape index (κ2) is 6.62. The number of aromatic amines is 1. The lowest BCUT2D eigenvalue weighted by molar-refractivity contribution is 0.0938. The summed E-state index contributed by atoms with van der Waals surface area (Å²) in [6.45, 7) is 3.63. The highest BCUT2D eigenvalue weighted by molar-refractivity contribution is 5.95. The van der Waals surface area contributed by atoms with Crippen LogP contribution in [0.5, 0.6) is 0 Å². The highest BCUT2D eigenvalue weighted by Crippen LogP contribution is 2.21. The first-order valence-corrected chi connectivity index (χ1v) is 7.58. The Morgan fingerprint density at radius 3 is 2.58 bits per heavy atom. The van der Waals surface area contributed by atoms with Crippen LogP contribution in [0.25, 0.3) is 11.1 Å². The first kappa shape index (κ1) is 15.9. The number of benzene rings is 2. The number of amides is 1. The van der Waals surface area contributed by atoms with E-state index in [0.717, 1.165) is 11.1 Å². The molecule has 0 saturated carbocycles. The van der Waals surface area contributed by atoms with E-state index in [4.69, 9.17) is 0 Å². The number of H-pyrrole nitrogens is 1. The number of aryl methyl sites for hydroxylation is 1. The fraction of sp³-hybridized carbons (Fsp3) is 0.167. The summed E-state index contributed by atoms with van der Waals surface area (Å²) in [5, 5.41) is 9.67. The summed E-state index contributed by atoms with van der Waals surface area (Å²) < 4.78 is 13.0. The van der Waals surface area contributed by atoms with E-state index in [0.29, 0.717) is 17.2 Å². The van der Waals surface area contributed by atoms with Crippen molar-refractivity contribution in [1.29, 1.82) is 0 Å². The van der Waals surface area contributed by atoms with Crippen molar-refractivity contribution in [2.75, 3.05) is 0 Å². The number of hydrogen-bond donors (Lipinski definition) is 2. The molecule has 1 amide bonds. The van der Waals surface area contributed by atoms with E-state index >= 15 is 0 Å². The molecule has 0 unspecified atom stereocenters. The Hall–Kier alpha value is -3.02. The van der Waals surface area contributed by atoms with E-state index in [1.54, 1.807) is 37.3 Å². The third-order valence-corrected chi connectivity index (χ3v) is 3.65. The van der Waals surface area contributed by atoms with Gasteiger partial charge in [0.05, 0.1) is 6.04 Å². The molecule has 5 nitrogen and oxygen atoms in total. The monoisotopic (exact) mass is 324 g/mol. The van der Waals surface area contributed by atoms with Crippen LogP contribution in [0.3, 0.4) is 0 Å². The average molecular weight is 324 g/mol. The van der Waals surface area contributed by atoms with Crippen molar-refractivity contribution in [3.63, 3.8) is 0 Å². The molecular formula is C18H17FN4O. The van der Waals surface area contributed by atoms with Gasteiger partial charge in [-0.1, -0.05) is 24.3 Å². The minimum Gasteiger partial charge on any atom is -0.342 e. The number of carbonyl (C=O) groups excluding carboxylic acids is 1. The van der Waals surface area contributed by atoms with Crippen molar-refractivity contribution < 1.29 is 9.18 Å². The Bertz CT molecular complexity index is 857. The molecular weight excluding hydrogens is 307 g/mol. The minimum absolute atomic E-state index is 0.214. The van der Waals surface area contributed by atoms with Gasteiger partial charge in [0.2, 0.25) is 0 Å². The minimum atomic E-state index is -0.308. The average Bonchev–Trinajstić information content (AvgIpc) is 3.02. The van der Waals surface area contributed by atoms with Gasteiger partial charge in [0.15, 0.2) is 5.82 Å². The molecule has 24 heavy (non-hydrogen) atoms. The van der Waals surface area contributed by atoms with Gasteiger partial charge >= 0.3 is 0 Å². The molecule has 0 saturated heterocycles. The number of carbonyl (C=O) groups is 1. The van der Waals surface area contributed by atoms with Crippen LogP contribution in [0.1, 0.15) is 35.0 Å². The molecule has 6 heteroatoms. The van der Waals surface area contributed by atoms with Crippen molar-refractivity contribution in [3.05, 3.63) is 71.6 Å². The topological polar surface area (TPSA) is 70.7 Å². The third kappa shape index (κ3) is 3.48.